The minimum Gasteiger partial charge on any atom is -0.310 e. The maximum atomic E-state index is 6.92. The lowest BCUT2D eigenvalue weighted by Crippen LogP contribution is -2.27. The molecular formula is C11H12N2. The van der Waals surface area contributed by atoms with Gasteiger partial charge < -0.3 is 5.32 Å². The fourth-order valence-electron chi connectivity index (χ4n) is 1.83. The van der Waals surface area contributed by atoms with Crippen LogP contribution in [-0.4, -0.2) is 6.54 Å². The summed E-state index contributed by atoms with van der Waals surface area (Å²) >= 11 is 0. The molecule has 13 heavy (non-hydrogen) atoms. The highest BCUT2D eigenvalue weighted by Gasteiger charge is 2.14. The molecule has 0 aromatic heterocycles. The molecule has 1 N–H and O–H groups in total. The van der Waals surface area contributed by atoms with Crippen molar-refractivity contribution in [2.75, 3.05) is 6.54 Å². The predicted molar refractivity (Wildman–Crippen MR) is 52.8 cm³/mol. The summed E-state index contributed by atoms with van der Waals surface area (Å²) in [4.78, 5) is 3.43. The predicted octanol–water partition coefficient (Wildman–Crippen LogP) is 2.44. The zero-order valence-corrected chi connectivity index (χ0v) is 7.67. The Morgan fingerprint density at radius 3 is 3.15 bits per heavy atom. The van der Waals surface area contributed by atoms with Crippen LogP contribution in [0, 0.1) is 6.57 Å². The van der Waals surface area contributed by atoms with E-state index in [1.54, 1.807) is 0 Å². The van der Waals surface area contributed by atoms with Gasteiger partial charge in [-0.05, 0) is 25.5 Å². The summed E-state index contributed by atoms with van der Waals surface area (Å²) in [6, 6.07) is 6.41. The van der Waals surface area contributed by atoms with E-state index in [4.69, 9.17) is 6.57 Å². The van der Waals surface area contributed by atoms with Crippen molar-refractivity contribution in [3.63, 3.8) is 0 Å². The standard InChI is InChI=1S/C11H12N2/c1-8-11-4-3-10(12-2)7-9(11)5-6-13-8/h3-4,7-8,13H,5-6H2,1H3. The molecule has 1 unspecified atom stereocenters. The van der Waals surface area contributed by atoms with Gasteiger partial charge in [0.1, 0.15) is 0 Å². The van der Waals surface area contributed by atoms with Gasteiger partial charge in [0.15, 0.2) is 5.69 Å². The van der Waals surface area contributed by atoms with Crippen molar-refractivity contribution in [3.8, 4) is 0 Å². The highest BCUT2D eigenvalue weighted by Crippen LogP contribution is 2.26. The van der Waals surface area contributed by atoms with Gasteiger partial charge in [0.25, 0.3) is 0 Å². The molecule has 1 aliphatic heterocycles. The summed E-state index contributed by atoms with van der Waals surface area (Å²) in [5, 5.41) is 3.40. The molecule has 66 valence electrons. The Balaban J connectivity index is 2.47. The second-order valence-corrected chi connectivity index (χ2v) is 3.42. The summed E-state index contributed by atoms with van der Waals surface area (Å²) in [6.07, 6.45) is 1.04. The molecule has 1 heterocycles. The molecule has 1 atom stereocenters. The Labute approximate surface area is 78.4 Å². The maximum Gasteiger partial charge on any atom is 0.187 e. The third-order valence-corrected chi connectivity index (χ3v) is 2.57. The van der Waals surface area contributed by atoms with Gasteiger partial charge in [0.2, 0.25) is 0 Å². The largest absolute Gasteiger partial charge is 0.310 e. The molecule has 1 aromatic carbocycles. The van der Waals surface area contributed by atoms with E-state index in [0.717, 1.165) is 18.7 Å². The van der Waals surface area contributed by atoms with Crippen LogP contribution in [0.3, 0.4) is 0 Å². The van der Waals surface area contributed by atoms with Crippen molar-refractivity contribution >= 4 is 5.69 Å². The van der Waals surface area contributed by atoms with E-state index < -0.39 is 0 Å². The second-order valence-electron chi connectivity index (χ2n) is 3.42. The Kier molecular flexibility index (Phi) is 2.03. The summed E-state index contributed by atoms with van der Waals surface area (Å²) < 4.78 is 0. The monoisotopic (exact) mass is 172 g/mol. The molecule has 0 aliphatic carbocycles. The van der Waals surface area contributed by atoms with Crippen molar-refractivity contribution in [2.24, 2.45) is 0 Å². The lowest BCUT2D eigenvalue weighted by Gasteiger charge is -2.23. The first-order chi connectivity index (χ1) is 6.31. The fraction of sp³-hybridized carbons (Fsp3) is 0.364. The zero-order chi connectivity index (χ0) is 9.26. The van der Waals surface area contributed by atoms with E-state index in [-0.39, 0.29) is 0 Å². The fourth-order valence-corrected chi connectivity index (χ4v) is 1.83. The van der Waals surface area contributed by atoms with Crippen molar-refractivity contribution in [3.05, 3.63) is 40.7 Å². The van der Waals surface area contributed by atoms with E-state index in [9.17, 15) is 0 Å². The van der Waals surface area contributed by atoms with Gasteiger partial charge in [-0.25, -0.2) is 4.85 Å². The van der Waals surface area contributed by atoms with Gasteiger partial charge in [-0.15, -0.1) is 0 Å². The van der Waals surface area contributed by atoms with Crippen LogP contribution in [0.25, 0.3) is 4.85 Å². The van der Waals surface area contributed by atoms with Gasteiger partial charge in [-0.2, -0.15) is 0 Å². The quantitative estimate of drug-likeness (QED) is 0.594. The summed E-state index contributed by atoms with van der Waals surface area (Å²) in [5.74, 6) is 0. The normalized spacial score (nSPS) is 20.5. The molecule has 0 saturated carbocycles. The molecule has 2 rings (SSSR count). The zero-order valence-electron chi connectivity index (χ0n) is 7.67. The van der Waals surface area contributed by atoms with E-state index in [2.05, 4.69) is 23.2 Å². The topological polar surface area (TPSA) is 16.4 Å². The SMILES string of the molecule is [C-]#[N+]c1ccc2c(c1)CCNC2C. The third kappa shape index (κ3) is 1.43. The lowest BCUT2D eigenvalue weighted by atomic mass is 9.95. The van der Waals surface area contributed by atoms with Crippen LogP contribution >= 0.6 is 0 Å². The van der Waals surface area contributed by atoms with Gasteiger partial charge >= 0.3 is 0 Å². The molecule has 0 radical (unpaired) electrons. The van der Waals surface area contributed by atoms with Gasteiger partial charge in [0, 0.05) is 6.04 Å². The Morgan fingerprint density at radius 2 is 2.38 bits per heavy atom. The molecule has 0 bridgehead atoms. The number of rotatable bonds is 0. The van der Waals surface area contributed by atoms with Crippen LogP contribution in [0.15, 0.2) is 18.2 Å². The molecule has 0 fully saturated rings. The first-order valence-electron chi connectivity index (χ1n) is 4.55. The van der Waals surface area contributed by atoms with Gasteiger partial charge in [-0.1, -0.05) is 23.8 Å². The molecule has 2 nitrogen and oxygen atoms in total. The Bertz CT molecular complexity index is 363. The molecule has 0 saturated heterocycles. The van der Waals surface area contributed by atoms with E-state index in [0.29, 0.717) is 6.04 Å². The summed E-state index contributed by atoms with van der Waals surface area (Å²) in [5.41, 5.74) is 3.44. The van der Waals surface area contributed by atoms with E-state index in [1.165, 1.54) is 11.1 Å². The number of benzene rings is 1. The van der Waals surface area contributed by atoms with Crippen LogP contribution in [0.2, 0.25) is 0 Å². The van der Waals surface area contributed by atoms with Crippen LogP contribution in [-0.2, 0) is 6.42 Å². The molecule has 2 heteroatoms. The smallest absolute Gasteiger partial charge is 0.187 e. The molecule has 1 aromatic rings. The number of fused-ring (bicyclic) bond motifs is 1. The lowest BCUT2D eigenvalue weighted by molar-refractivity contribution is 0.541. The van der Waals surface area contributed by atoms with Crippen LogP contribution in [0.4, 0.5) is 5.69 Å². The first kappa shape index (κ1) is 8.28. The molecule has 1 aliphatic rings. The maximum absolute atomic E-state index is 6.92. The number of nitrogens with zero attached hydrogens (tertiary/aromatic N) is 1. The molecule has 0 amide bonds. The van der Waals surface area contributed by atoms with E-state index in [1.807, 2.05) is 12.1 Å². The van der Waals surface area contributed by atoms with Crippen molar-refractivity contribution in [2.45, 2.75) is 19.4 Å². The highest BCUT2D eigenvalue weighted by molar-refractivity contribution is 5.50. The first-order valence-corrected chi connectivity index (χ1v) is 4.55. The third-order valence-electron chi connectivity index (χ3n) is 2.57. The second kappa shape index (κ2) is 3.20. The van der Waals surface area contributed by atoms with Crippen LogP contribution in [0.5, 0.6) is 0 Å². The average Bonchev–Trinajstić information content (AvgIpc) is 2.18. The Hall–Kier alpha value is -1.33. The summed E-state index contributed by atoms with van der Waals surface area (Å²) in [7, 11) is 0. The van der Waals surface area contributed by atoms with Crippen molar-refractivity contribution < 1.29 is 0 Å². The number of hydrogen-bond donors (Lipinski definition) is 1. The van der Waals surface area contributed by atoms with E-state index >= 15 is 0 Å². The Morgan fingerprint density at radius 1 is 1.54 bits per heavy atom. The van der Waals surface area contributed by atoms with Gasteiger partial charge in [0.05, 0.1) is 6.57 Å². The van der Waals surface area contributed by atoms with Crippen LogP contribution < -0.4 is 5.32 Å². The number of nitrogens with one attached hydrogen (secondary N) is 1. The molecule has 0 spiro atoms. The average molecular weight is 172 g/mol. The molecular weight excluding hydrogens is 160 g/mol. The van der Waals surface area contributed by atoms with Crippen molar-refractivity contribution in [1.82, 2.24) is 5.32 Å². The minimum absolute atomic E-state index is 0.434. The highest BCUT2D eigenvalue weighted by atomic mass is 14.9. The van der Waals surface area contributed by atoms with Gasteiger partial charge in [-0.3, -0.25) is 0 Å². The number of hydrogen-bond acceptors (Lipinski definition) is 1. The minimum atomic E-state index is 0.434. The summed E-state index contributed by atoms with van der Waals surface area (Å²) in [6.45, 7) is 10.1. The van der Waals surface area contributed by atoms with Crippen LogP contribution in [0.1, 0.15) is 24.1 Å². The van der Waals surface area contributed by atoms with Crippen molar-refractivity contribution in [1.29, 1.82) is 0 Å².